The van der Waals surface area contributed by atoms with Crippen molar-refractivity contribution in [2.24, 2.45) is 0 Å². The Bertz CT molecular complexity index is 382. The summed E-state index contributed by atoms with van der Waals surface area (Å²) in [5, 5.41) is 9.30. The number of amides is 1. The van der Waals surface area contributed by atoms with Crippen LogP contribution in [-0.4, -0.2) is 35.4 Å². The van der Waals surface area contributed by atoms with Crippen LogP contribution in [-0.2, 0) is 4.74 Å². The zero-order chi connectivity index (χ0) is 11.5. The lowest BCUT2D eigenvalue weighted by Crippen LogP contribution is -2.32. The van der Waals surface area contributed by atoms with Crippen LogP contribution in [0.25, 0.3) is 0 Å². The zero-order valence-corrected chi connectivity index (χ0v) is 9.25. The third-order valence-corrected chi connectivity index (χ3v) is 2.72. The fourth-order valence-electron chi connectivity index (χ4n) is 1.71. The van der Waals surface area contributed by atoms with Crippen LogP contribution in [0.5, 0.6) is 0 Å². The minimum atomic E-state index is -0.252. The third-order valence-electron chi connectivity index (χ3n) is 2.72. The quantitative estimate of drug-likeness (QED) is 0.684. The standard InChI is InChI=1S/C10H16N4O2/c1-6-8(11)9(14-13-6)10(15)12-5-7-3-2-4-16-7/h7H,2-5,11H2,1H3,(H,12,15)(H,13,14). The maximum atomic E-state index is 11.7. The lowest BCUT2D eigenvalue weighted by atomic mass is 10.2. The molecule has 6 heteroatoms. The second-order valence-electron chi connectivity index (χ2n) is 3.96. The van der Waals surface area contributed by atoms with E-state index in [0.29, 0.717) is 17.9 Å². The van der Waals surface area contributed by atoms with Crippen LogP contribution in [0.1, 0.15) is 29.0 Å². The first-order chi connectivity index (χ1) is 7.68. The number of aromatic amines is 1. The van der Waals surface area contributed by atoms with Gasteiger partial charge in [0.15, 0.2) is 5.69 Å². The molecule has 0 saturated carbocycles. The molecule has 0 spiro atoms. The second-order valence-corrected chi connectivity index (χ2v) is 3.96. The number of carbonyl (C=O) groups excluding carboxylic acids is 1. The Kier molecular flexibility index (Phi) is 3.09. The summed E-state index contributed by atoms with van der Waals surface area (Å²) in [6.45, 7) is 3.08. The number of aryl methyl sites for hydroxylation is 1. The van der Waals surface area contributed by atoms with Crippen molar-refractivity contribution in [3.05, 3.63) is 11.4 Å². The molecule has 6 nitrogen and oxygen atoms in total. The topological polar surface area (TPSA) is 93.0 Å². The van der Waals surface area contributed by atoms with Gasteiger partial charge in [-0.05, 0) is 19.8 Å². The molecule has 0 bridgehead atoms. The predicted molar refractivity (Wildman–Crippen MR) is 59.0 cm³/mol. The SMILES string of the molecule is Cc1[nH]nc(C(=O)NCC2CCCO2)c1N. The number of nitrogens with two attached hydrogens (primary N) is 1. The van der Waals surface area contributed by atoms with Gasteiger partial charge < -0.3 is 15.8 Å². The smallest absolute Gasteiger partial charge is 0.274 e. The minimum Gasteiger partial charge on any atom is -0.395 e. The molecular formula is C10H16N4O2. The summed E-state index contributed by atoms with van der Waals surface area (Å²) in [5.74, 6) is -0.252. The lowest BCUT2D eigenvalue weighted by molar-refractivity contribution is 0.0854. The number of ether oxygens (including phenoxy) is 1. The first kappa shape index (κ1) is 10.9. The molecule has 16 heavy (non-hydrogen) atoms. The van der Waals surface area contributed by atoms with Gasteiger partial charge in [-0.3, -0.25) is 9.89 Å². The van der Waals surface area contributed by atoms with Gasteiger partial charge in [0.05, 0.1) is 17.5 Å². The Morgan fingerprint density at radius 1 is 1.75 bits per heavy atom. The summed E-state index contributed by atoms with van der Waals surface area (Å²) in [5.41, 5.74) is 7.08. The monoisotopic (exact) mass is 224 g/mol. The Labute approximate surface area is 93.5 Å². The van der Waals surface area contributed by atoms with E-state index in [1.807, 2.05) is 0 Å². The molecule has 1 unspecified atom stereocenters. The van der Waals surface area contributed by atoms with Crippen LogP contribution in [0.15, 0.2) is 0 Å². The van der Waals surface area contributed by atoms with Gasteiger partial charge in [-0.1, -0.05) is 0 Å². The van der Waals surface area contributed by atoms with Gasteiger partial charge in [0.1, 0.15) is 0 Å². The molecule has 0 aromatic carbocycles. The summed E-state index contributed by atoms with van der Waals surface area (Å²) in [4.78, 5) is 11.7. The van der Waals surface area contributed by atoms with Gasteiger partial charge in [-0.15, -0.1) is 0 Å². The van der Waals surface area contributed by atoms with Crippen molar-refractivity contribution in [2.45, 2.75) is 25.9 Å². The van der Waals surface area contributed by atoms with Crippen LogP contribution in [0.3, 0.4) is 0 Å². The molecule has 1 aliphatic rings. The zero-order valence-electron chi connectivity index (χ0n) is 9.25. The van der Waals surface area contributed by atoms with E-state index in [2.05, 4.69) is 15.5 Å². The van der Waals surface area contributed by atoms with E-state index in [0.717, 1.165) is 19.4 Å². The van der Waals surface area contributed by atoms with E-state index >= 15 is 0 Å². The number of carbonyl (C=O) groups is 1. The van der Waals surface area contributed by atoms with Crippen molar-refractivity contribution in [1.82, 2.24) is 15.5 Å². The Hall–Kier alpha value is -1.56. The number of hydrogen-bond acceptors (Lipinski definition) is 4. The molecule has 0 radical (unpaired) electrons. The molecule has 1 atom stereocenters. The highest BCUT2D eigenvalue weighted by molar-refractivity contribution is 5.97. The summed E-state index contributed by atoms with van der Waals surface area (Å²) >= 11 is 0. The highest BCUT2D eigenvalue weighted by Gasteiger charge is 2.19. The number of nitrogen functional groups attached to an aromatic ring is 1. The molecular weight excluding hydrogens is 208 g/mol. The van der Waals surface area contributed by atoms with Gasteiger partial charge in [0.2, 0.25) is 0 Å². The fourth-order valence-corrected chi connectivity index (χ4v) is 1.71. The van der Waals surface area contributed by atoms with Crippen LogP contribution in [0.4, 0.5) is 5.69 Å². The second kappa shape index (κ2) is 4.52. The van der Waals surface area contributed by atoms with E-state index in [-0.39, 0.29) is 17.7 Å². The van der Waals surface area contributed by atoms with Crippen molar-refractivity contribution < 1.29 is 9.53 Å². The molecule has 1 fully saturated rings. The fraction of sp³-hybridized carbons (Fsp3) is 0.600. The normalized spacial score (nSPS) is 19.9. The van der Waals surface area contributed by atoms with Crippen molar-refractivity contribution >= 4 is 11.6 Å². The molecule has 2 rings (SSSR count). The molecule has 1 saturated heterocycles. The minimum absolute atomic E-state index is 0.130. The maximum absolute atomic E-state index is 11.7. The summed E-state index contributed by atoms with van der Waals surface area (Å²) in [6.07, 6.45) is 2.18. The molecule has 1 aromatic rings. The van der Waals surface area contributed by atoms with E-state index in [1.165, 1.54) is 0 Å². The Morgan fingerprint density at radius 3 is 3.12 bits per heavy atom. The molecule has 1 aromatic heterocycles. The molecule has 0 aliphatic carbocycles. The van der Waals surface area contributed by atoms with E-state index in [4.69, 9.17) is 10.5 Å². The van der Waals surface area contributed by atoms with Crippen LogP contribution in [0.2, 0.25) is 0 Å². The van der Waals surface area contributed by atoms with Crippen molar-refractivity contribution in [1.29, 1.82) is 0 Å². The van der Waals surface area contributed by atoms with Crippen molar-refractivity contribution in [3.8, 4) is 0 Å². The van der Waals surface area contributed by atoms with E-state index in [9.17, 15) is 4.79 Å². The van der Waals surface area contributed by atoms with Crippen molar-refractivity contribution in [3.63, 3.8) is 0 Å². The highest BCUT2D eigenvalue weighted by Crippen LogP contribution is 2.13. The van der Waals surface area contributed by atoms with E-state index < -0.39 is 0 Å². The summed E-state index contributed by atoms with van der Waals surface area (Å²) in [6, 6.07) is 0. The van der Waals surface area contributed by atoms with Gasteiger partial charge in [-0.25, -0.2) is 0 Å². The number of nitrogens with one attached hydrogen (secondary N) is 2. The number of nitrogens with zero attached hydrogens (tertiary/aromatic N) is 1. The maximum Gasteiger partial charge on any atom is 0.274 e. The third kappa shape index (κ3) is 2.16. The first-order valence-electron chi connectivity index (χ1n) is 5.38. The Morgan fingerprint density at radius 2 is 2.56 bits per heavy atom. The number of anilines is 1. The number of H-pyrrole nitrogens is 1. The molecule has 4 N–H and O–H groups in total. The number of hydrogen-bond donors (Lipinski definition) is 3. The molecule has 2 heterocycles. The molecule has 1 aliphatic heterocycles. The van der Waals surface area contributed by atoms with E-state index in [1.54, 1.807) is 6.92 Å². The number of aromatic nitrogens is 2. The van der Waals surface area contributed by atoms with Crippen LogP contribution in [0, 0.1) is 6.92 Å². The molecule has 1 amide bonds. The van der Waals surface area contributed by atoms with Gasteiger partial charge in [0, 0.05) is 13.2 Å². The van der Waals surface area contributed by atoms with Crippen LogP contribution < -0.4 is 11.1 Å². The average Bonchev–Trinajstić information content (AvgIpc) is 2.88. The molecule has 88 valence electrons. The van der Waals surface area contributed by atoms with Crippen LogP contribution >= 0.6 is 0 Å². The lowest BCUT2D eigenvalue weighted by Gasteiger charge is -2.09. The first-order valence-corrected chi connectivity index (χ1v) is 5.38. The van der Waals surface area contributed by atoms with Gasteiger partial charge in [-0.2, -0.15) is 5.10 Å². The largest absolute Gasteiger partial charge is 0.395 e. The van der Waals surface area contributed by atoms with Gasteiger partial charge in [0.25, 0.3) is 5.91 Å². The number of rotatable bonds is 3. The van der Waals surface area contributed by atoms with Crippen molar-refractivity contribution in [2.75, 3.05) is 18.9 Å². The highest BCUT2D eigenvalue weighted by atomic mass is 16.5. The average molecular weight is 224 g/mol. The summed E-state index contributed by atoms with van der Waals surface area (Å²) < 4.78 is 5.40. The predicted octanol–water partition coefficient (Wildman–Crippen LogP) is 0.209. The summed E-state index contributed by atoms with van der Waals surface area (Å²) in [7, 11) is 0. The Balaban J connectivity index is 1.90. The van der Waals surface area contributed by atoms with Gasteiger partial charge >= 0.3 is 0 Å².